The number of nitrogens with one attached hydrogen (secondary N) is 8. The standard InChI is InChI=1S/C47H75N13O10/c1-8-27(5)38(44(67)56-34(22-30-23-51-25-53-30)45(68)60-20-11-10-14-35(60)42(65)59-39(46(69)70)28(6)9-2)58-41(64)33(21-29-15-17-31(61)18-16-29)55-43(66)37(26(3)4)57-40(63)32(54-36(62)24-50-7)13-12-19-52-47(48)49/h15-18,23,25-28,32-35,37-39,50,61H,8-14,19-22,24H2,1-7H3,(H,51,53)(H,54,62)(H,55,66)(H,56,67)(H,57,63)(H,58,64)(H,59,65)(H,69,70)(H4,48,49,52)/t27-,28-,32-,33-,34-,35-,37-,38-,39-/m0/s1. The van der Waals surface area contributed by atoms with Crippen molar-refractivity contribution in [3.05, 3.63) is 48.0 Å². The number of rotatable bonds is 28. The van der Waals surface area contributed by atoms with Crippen LogP contribution in [0.1, 0.15) is 97.7 Å². The molecule has 1 aromatic carbocycles. The van der Waals surface area contributed by atoms with Gasteiger partial charge in [-0.05, 0) is 74.6 Å². The number of aliphatic imine (C=N–C) groups is 1. The van der Waals surface area contributed by atoms with Crippen molar-refractivity contribution in [3.8, 4) is 5.75 Å². The Balaban J connectivity index is 1.94. The Bertz CT molecular complexity index is 2080. The summed E-state index contributed by atoms with van der Waals surface area (Å²) < 4.78 is 0. The Morgan fingerprint density at radius 1 is 0.786 bits per heavy atom. The van der Waals surface area contributed by atoms with Crippen molar-refractivity contribution in [2.75, 3.05) is 26.7 Å². The summed E-state index contributed by atoms with van der Waals surface area (Å²) in [4.78, 5) is 122. The fourth-order valence-corrected chi connectivity index (χ4v) is 7.94. The third-order valence-electron chi connectivity index (χ3n) is 12.4. The van der Waals surface area contributed by atoms with Gasteiger partial charge < -0.3 is 68.8 Å². The van der Waals surface area contributed by atoms with Crippen molar-refractivity contribution in [1.82, 2.24) is 52.1 Å². The van der Waals surface area contributed by atoms with Gasteiger partial charge in [-0.1, -0.05) is 66.5 Å². The normalized spacial score (nSPS) is 17.0. The van der Waals surface area contributed by atoms with Crippen molar-refractivity contribution in [3.63, 3.8) is 0 Å². The Labute approximate surface area is 409 Å². The first kappa shape index (κ1) is 57.5. The van der Waals surface area contributed by atoms with Gasteiger partial charge in [-0.2, -0.15) is 0 Å². The number of guanidine groups is 1. The van der Waals surface area contributed by atoms with E-state index in [0.29, 0.717) is 43.4 Å². The molecule has 3 rings (SSSR count). The van der Waals surface area contributed by atoms with Gasteiger partial charge in [0.05, 0.1) is 12.9 Å². The van der Waals surface area contributed by atoms with E-state index in [2.05, 4.69) is 52.2 Å². The Kier molecular flexibility index (Phi) is 23.5. The Morgan fingerprint density at radius 3 is 1.99 bits per heavy atom. The minimum absolute atomic E-state index is 0.0363. The summed E-state index contributed by atoms with van der Waals surface area (Å²) in [6, 6.07) is -2.39. The van der Waals surface area contributed by atoms with Crippen LogP contribution in [-0.4, -0.2) is 147 Å². The van der Waals surface area contributed by atoms with E-state index in [0.717, 1.165) is 0 Å². The second-order valence-corrected chi connectivity index (χ2v) is 18.2. The van der Waals surface area contributed by atoms with E-state index < -0.39 is 101 Å². The lowest BCUT2D eigenvalue weighted by molar-refractivity contribution is -0.148. The Morgan fingerprint density at radius 2 is 1.40 bits per heavy atom. The Hall–Kier alpha value is -6.78. The molecule has 0 aliphatic carbocycles. The van der Waals surface area contributed by atoms with Gasteiger partial charge in [0.1, 0.15) is 48.0 Å². The maximum atomic E-state index is 14.6. The van der Waals surface area contributed by atoms with E-state index in [1.807, 2.05) is 13.8 Å². The molecule has 23 heteroatoms. The highest BCUT2D eigenvalue weighted by Crippen LogP contribution is 2.21. The first-order valence-corrected chi connectivity index (χ1v) is 24.0. The zero-order valence-electron chi connectivity index (χ0n) is 41.4. The van der Waals surface area contributed by atoms with E-state index in [-0.39, 0.29) is 62.9 Å². The van der Waals surface area contributed by atoms with Crippen molar-refractivity contribution in [2.45, 2.75) is 142 Å². The number of aromatic hydroxyl groups is 1. The molecule has 0 unspecified atom stereocenters. The first-order chi connectivity index (χ1) is 33.2. The SMILES string of the molecule is CC[C@H](C)[C@H](NC(=O)[C@@H]1CCCCN1C(=O)[C@H](Cc1cnc[nH]1)NC(=O)[C@@H](NC(=O)[C@H](Cc1ccc(O)cc1)NC(=O)[C@@H](NC(=O)[C@H](CCCN=C(N)N)NC(=O)CNC)C(C)C)[C@@H](C)CC)C(=O)O. The summed E-state index contributed by atoms with van der Waals surface area (Å²) >= 11 is 0. The van der Waals surface area contributed by atoms with Crippen molar-refractivity contribution in [2.24, 2.45) is 34.2 Å². The van der Waals surface area contributed by atoms with Crippen LogP contribution < -0.4 is 48.7 Å². The van der Waals surface area contributed by atoms with Gasteiger partial charge in [-0.15, -0.1) is 0 Å². The molecular weight excluding hydrogens is 907 g/mol. The third-order valence-corrected chi connectivity index (χ3v) is 12.4. The third kappa shape index (κ3) is 17.9. The zero-order chi connectivity index (χ0) is 52.1. The zero-order valence-corrected chi connectivity index (χ0v) is 41.4. The van der Waals surface area contributed by atoms with E-state index in [1.165, 1.54) is 29.6 Å². The van der Waals surface area contributed by atoms with Gasteiger partial charge in [0.25, 0.3) is 0 Å². The molecule has 0 radical (unpaired) electrons. The average molecular weight is 982 g/mol. The molecule has 0 saturated carbocycles. The number of amides is 7. The molecule has 7 amide bonds. The van der Waals surface area contributed by atoms with E-state index in [4.69, 9.17) is 11.5 Å². The van der Waals surface area contributed by atoms with Crippen LogP contribution in [0.5, 0.6) is 5.75 Å². The molecule has 1 aliphatic heterocycles. The first-order valence-electron chi connectivity index (χ1n) is 24.0. The molecule has 388 valence electrons. The fraction of sp³-hybridized carbons (Fsp3) is 0.617. The number of likely N-dealkylation sites (tertiary alicyclic amines) is 1. The highest BCUT2D eigenvalue weighted by atomic mass is 16.4. The van der Waals surface area contributed by atoms with E-state index in [1.54, 1.807) is 46.9 Å². The number of nitrogens with zero attached hydrogens (tertiary/aromatic N) is 3. The van der Waals surface area contributed by atoms with Gasteiger partial charge in [-0.3, -0.25) is 38.6 Å². The quantitative estimate of drug-likeness (QED) is 0.0285. The highest BCUT2D eigenvalue weighted by Gasteiger charge is 2.40. The van der Waals surface area contributed by atoms with Gasteiger partial charge >= 0.3 is 5.97 Å². The van der Waals surface area contributed by atoms with Crippen molar-refractivity contribution >= 4 is 53.3 Å². The summed E-state index contributed by atoms with van der Waals surface area (Å²) in [6.07, 6.45) is 5.47. The molecule has 70 heavy (non-hydrogen) atoms. The number of imidazole rings is 1. The maximum absolute atomic E-state index is 14.6. The van der Waals surface area contributed by atoms with Gasteiger partial charge in [-0.25, -0.2) is 9.78 Å². The van der Waals surface area contributed by atoms with Gasteiger partial charge in [0, 0.05) is 37.8 Å². The van der Waals surface area contributed by atoms with Crippen LogP contribution in [-0.2, 0) is 51.2 Å². The number of carboxylic acid groups (broad SMARTS) is 1. The number of carbonyl (C=O) groups excluding carboxylic acids is 7. The lowest BCUT2D eigenvalue weighted by Crippen LogP contribution is -2.63. The lowest BCUT2D eigenvalue weighted by atomic mass is 9.95. The second-order valence-electron chi connectivity index (χ2n) is 18.2. The number of hydrogen-bond acceptors (Lipinski definition) is 12. The number of aromatic nitrogens is 2. The van der Waals surface area contributed by atoms with Gasteiger partial charge in [0.15, 0.2) is 5.96 Å². The molecule has 14 N–H and O–H groups in total. The number of piperidine rings is 1. The molecular formula is C47H75N13O10. The van der Waals surface area contributed by atoms with E-state index in [9.17, 15) is 48.6 Å². The van der Waals surface area contributed by atoms with Crippen molar-refractivity contribution in [1.29, 1.82) is 0 Å². The number of phenolic OH excluding ortho intramolecular Hbond substituents is 1. The second kappa shape index (κ2) is 28.6. The molecule has 1 saturated heterocycles. The number of benzene rings is 1. The summed E-state index contributed by atoms with van der Waals surface area (Å²) in [5, 5.41) is 39.0. The fourth-order valence-electron chi connectivity index (χ4n) is 7.94. The number of H-pyrrole nitrogens is 1. The number of phenols is 1. The maximum Gasteiger partial charge on any atom is 0.326 e. The van der Waals surface area contributed by atoms with Crippen LogP contribution in [0.4, 0.5) is 0 Å². The number of nitrogens with two attached hydrogens (primary N) is 2. The summed E-state index contributed by atoms with van der Waals surface area (Å²) in [6.45, 7) is 10.7. The molecule has 2 heterocycles. The lowest BCUT2D eigenvalue weighted by Gasteiger charge is -2.38. The number of hydrogen-bond donors (Lipinski definition) is 12. The molecule has 1 fully saturated rings. The number of aromatic amines is 1. The predicted octanol–water partition coefficient (Wildman–Crippen LogP) is -0.704. The minimum atomic E-state index is -1.35. The smallest absolute Gasteiger partial charge is 0.326 e. The molecule has 0 bridgehead atoms. The predicted molar refractivity (Wildman–Crippen MR) is 260 cm³/mol. The van der Waals surface area contributed by atoms with Crippen LogP contribution >= 0.6 is 0 Å². The van der Waals surface area contributed by atoms with Gasteiger partial charge in [0.2, 0.25) is 41.4 Å². The number of carbonyl (C=O) groups is 8. The molecule has 2 aromatic rings. The van der Waals surface area contributed by atoms with Crippen LogP contribution in [0.3, 0.4) is 0 Å². The monoisotopic (exact) mass is 982 g/mol. The average Bonchev–Trinajstić information content (AvgIpc) is 3.84. The topological polar surface area (TPSA) is 358 Å². The summed E-state index contributed by atoms with van der Waals surface area (Å²) in [5.41, 5.74) is 11.9. The van der Waals surface area contributed by atoms with Crippen molar-refractivity contribution < 1.29 is 48.6 Å². The molecule has 9 atom stereocenters. The molecule has 23 nitrogen and oxygen atoms in total. The number of carboxylic acids is 1. The summed E-state index contributed by atoms with van der Waals surface area (Å²) in [5.74, 6) is -7.38. The van der Waals surface area contributed by atoms with Crippen LogP contribution in [0.2, 0.25) is 0 Å². The van der Waals surface area contributed by atoms with Crippen LogP contribution in [0, 0.1) is 17.8 Å². The van der Waals surface area contributed by atoms with Crippen LogP contribution in [0.15, 0.2) is 41.8 Å². The summed E-state index contributed by atoms with van der Waals surface area (Å²) in [7, 11) is 1.57. The largest absolute Gasteiger partial charge is 0.508 e. The minimum Gasteiger partial charge on any atom is -0.508 e. The molecule has 0 spiro atoms. The molecule has 1 aromatic heterocycles. The molecule has 1 aliphatic rings. The van der Waals surface area contributed by atoms with Crippen LogP contribution in [0.25, 0.3) is 0 Å². The highest BCUT2D eigenvalue weighted by molar-refractivity contribution is 5.98. The van der Waals surface area contributed by atoms with E-state index >= 15 is 0 Å². The number of likely N-dealkylation sites (N-methyl/N-ethyl adjacent to an activating group) is 1. The number of aliphatic carboxylic acids is 1.